The fourth-order valence-corrected chi connectivity index (χ4v) is 3.34. The van der Waals surface area contributed by atoms with E-state index in [1.807, 2.05) is 20.8 Å². The van der Waals surface area contributed by atoms with Crippen LogP contribution in [0.2, 0.25) is 0 Å². The van der Waals surface area contributed by atoms with Gasteiger partial charge in [0.2, 0.25) is 0 Å². The van der Waals surface area contributed by atoms with Crippen molar-refractivity contribution >= 4 is 9.84 Å². The van der Waals surface area contributed by atoms with Crippen molar-refractivity contribution in [2.24, 2.45) is 5.41 Å². The summed E-state index contributed by atoms with van der Waals surface area (Å²) < 4.78 is 29.5. The molecule has 1 aromatic carbocycles. The molecule has 102 valence electrons. The second-order valence-corrected chi connectivity index (χ2v) is 8.44. The molecule has 18 heavy (non-hydrogen) atoms. The number of hydrogen-bond acceptors (Lipinski definition) is 3. The number of rotatable bonds is 3. The Morgan fingerprint density at radius 2 is 1.39 bits per heavy atom. The quantitative estimate of drug-likeness (QED) is 0.846. The maximum Gasteiger partial charge on any atom is 0.184 e. The molecule has 0 radical (unpaired) electrons. The van der Waals surface area contributed by atoms with E-state index in [0.29, 0.717) is 10.6 Å². The summed E-state index contributed by atoms with van der Waals surface area (Å²) >= 11 is 0. The van der Waals surface area contributed by atoms with Gasteiger partial charge in [-0.3, -0.25) is 0 Å². The molecule has 1 aromatic rings. The molecule has 0 atom stereocenters. The van der Waals surface area contributed by atoms with E-state index in [9.17, 15) is 8.42 Å². The highest BCUT2D eigenvalue weighted by atomic mass is 32.2. The monoisotopic (exact) mass is 270 g/mol. The third kappa shape index (κ3) is 2.39. The van der Waals surface area contributed by atoms with E-state index in [-0.39, 0.29) is 5.41 Å². The molecule has 0 fully saturated rings. The molecule has 0 unspecified atom stereocenters. The Kier molecular flexibility index (Phi) is 3.82. The molecule has 0 saturated carbocycles. The van der Waals surface area contributed by atoms with Crippen LogP contribution in [0.3, 0.4) is 0 Å². The highest BCUT2D eigenvalue weighted by molar-refractivity contribution is 7.92. The van der Waals surface area contributed by atoms with Crippen molar-refractivity contribution in [3.05, 3.63) is 24.3 Å². The lowest BCUT2D eigenvalue weighted by molar-refractivity contribution is 0.302. The molecular formula is C14H22O3S. The van der Waals surface area contributed by atoms with E-state index >= 15 is 0 Å². The van der Waals surface area contributed by atoms with Gasteiger partial charge in [0.05, 0.1) is 16.8 Å². The van der Waals surface area contributed by atoms with E-state index in [1.54, 1.807) is 45.2 Å². The zero-order chi connectivity index (χ0) is 14.2. The highest BCUT2D eigenvalue weighted by Gasteiger charge is 2.45. The van der Waals surface area contributed by atoms with Gasteiger partial charge in [-0.25, -0.2) is 8.42 Å². The fraction of sp³-hybridized carbons (Fsp3) is 0.571. The van der Waals surface area contributed by atoms with Crippen LogP contribution >= 0.6 is 0 Å². The van der Waals surface area contributed by atoms with Crippen molar-refractivity contribution in [1.29, 1.82) is 0 Å². The number of hydrogen-bond donors (Lipinski definition) is 0. The zero-order valence-corrected chi connectivity index (χ0v) is 12.8. The molecule has 0 bridgehead atoms. The molecule has 0 N–H and O–H groups in total. The average molecular weight is 270 g/mol. The Hall–Kier alpha value is -1.03. The summed E-state index contributed by atoms with van der Waals surface area (Å²) in [5.41, 5.74) is -0.342. The van der Waals surface area contributed by atoms with Gasteiger partial charge in [0.25, 0.3) is 0 Å². The lowest BCUT2D eigenvalue weighted by atomic mass is 9.83. The molecule has 1 rings (SSSR count). The van der Waals surface area contributed by atoms with E-state index < -0.39 is 14.6 Å². The van der Waals surface area contributed by atoms with Gasteiger partial charge in [0, 0.05) is 0 Å². The van der Waals surface area contributed by atoms with Gasteiger partial charge in [-0.05, 0) is 43.5 Å². The van der Waals surface area contributed by atoms with Crippen molar-refractivity contribution < 1.29 is 13.2 Å². The predicted molar refractivity (Wildman–Crippen MR) is 73.7 cm³/mol. The summed E-state index contributed by atoms with van der Waals surface area (Å²) in [5.74, 6) is 0.655. The van der Waals surface area contributed by atoms with Crippen LogP contribution in [0.15, 0.2) is 29.2 Å². The van der Waals surface area contributed by atoms with Gasteiger partial charge >= 0.3 is 0 Å². The topological polar surface area (TPSA) is 43.4 Å². The van der Waals surface area contributed by atoms with Crippen LogP contribution in [0.4, 0.5) is 0 Å². The minimum absolute atomic E-state index is 0.336. The number of methoxy groups -OCH3 is 1. The van der Waals surface area contributed by atoms with Gasteiger partial charge < -0.3 is 4.74 Å². The normalized spacial score (nSPS) is 13.4. The summed E-state index contributed by atoms with van der Waals surface area (Å²) in [7, 11) is -1.82. The third-order valence-corrected chi connectivity index (χ3v) is 6.70. The van der Waals surface area contributed by atoms with Gasteiger partial charge in [-0.2, -0.15) is 0 Å². The van der Waals surface area contributed by atoms with Crippen LogP contribution in [0.1, 0.15) is 34.6 Å². The van der Waals surface area contributed by atoms with Crippen molar-refractivity contribution in [2.45, 2.75) is 44.3 Å². The van der Waals surface area contributed by atoms with Crippen molar-refractivity contribution in [3.63, 3.8) is 0 Å². The van der Waals surface area contributed by atoms with E-state index in [4.69, 9.17) is 4.74 Å². The van der Waals surface area contributed by atoms with Crippen LogP contribution in [-0.4, -0.2) is 20.3 Å². The highest BCUT2D eigenvalue weighted by Crippen LogP contribution is 2.40. The van der Waals surface area contributed by atoms with Crippen LogP contribution in [0.5, 0.6) is 5.75 Å². The van der Waals surface area contributed by atoms with E-state index in [1.165, 1.54) is 0 Å². The van der Waals surface area contributed by atoms with Crippen LogP contribution < -0.4 is 4.74 Å². The largest absolute Gasteiger partial charge is 0.497 e. The van der Waals surface area contributed by atoms with Crippen LogP contribution in [0.25, 0.3) is 0 Å². The Labute approximate surface area is 110 Å². The molecule has 0 aliphatic rings. The molecular weight excluding hydrogens is 248 g/mol. The molecule has 0 heterocycles. The maximum atomic E-state index is 12.7. The maximum absolute atomic E-state index is 12.7. The summed E-state index contributed by atoms with van der Waals surface area (Å²) in [5, 5.41) is 0. The molecule has 0 aromatic heterocycles. The van der Waals surface area contributed by atoms with Crippen molar-refractivity contribution in [2.75, 3.05) is 7.11 Å². The fourth-order valence-electron chi connectivity index (χ4n) is 1.45. The second-order valence-electron chi connectivity index (χ2n) is 5.94. The van der Waals surface area contributed by atoms with Crippen molar-refractivity contribution in [1.82, 2.24) is 0 Å². The summed E-state index contributed by atoms with van der Waals surface area (Å²) in [4.78, 5) is 0.336. The summed E-state index contributed by atoms with van der Waals surface area (Å²) in [6.45, 7) is 9.36. The molecule has 0 saturated heterocycles. The standard InChI is InChI=1S/C14H22O3S/c1-13(2,3)14(4,5)18(15,16)12-9-7-11(17-6)8-10-12/h7-10H,1-6H3. The molecule has 0 spiro atoms. The molecule has 4 heteroatoms. The van der Waals surface area contributed by atoms with Crippen LogP contribution in [-0.2, 0) is 9.84 Å². The van der Waals surface area contributed by atoms with Gasteiger partial charge in [0.15, 0.2) is 9.84 Å². The lowest BCUT2D eigenvalue weighted by Gasteiger charge is -2.38. The second kappa shape index (κ2) is 4.57. The van der Waals surface area contributed by atoms with Gasteiger partial charge in [-0.15, -0.1) is 0 Å². The number of sulfone groups is 1. The summed E-state index contributed by atoms with van der Waals surface area (Å²) in [6.07, 6.45) is 0. The first-order valence-corrected chi connectivity index (χ1v) is 7.41. The first-order valence-electron chi connectivity index (χ1n) is 5.93. The average Bonchev–Trinajstić information content (AvgIpc) is 2.27. The zero-order valence-electron chi connectivity index (χ0n) is 11.9. The summed E-state index contributed by atoms with van der Waals surface area (Å²) in [6, 6.07) is 6.54. The van der Waals surface area contributed by atoms with Gasteiger partial charge in [0.1, 0.15) is 5.75 Å². The molecule has 0 aliphatic heterocycles. The molecule has 0 amide bonds. The lowest BCUT2D eigenvalue weighted by Crippen LogP contribution is -2.44. The smallest absolute Gasteiger partial charge is 0.184 e. The first-order chi connectivity index (χ1) is 8.04. The minimum Gasteiger partial charge on any atom is -0.497 e. The van der Waals surface area contributed by atoms with Crippen LogP contribution in [0, 0.1) is 5.41 Å². The Bertz CT molecular complexity index is 505. The number of ether oxygens (including phenoxy) is 1. The third-order valence-electron chi connectivity index (χ3n) is 3.85. The molecule has 3 nitrogen and oxygen atoms in total. The number of benzene rings is 1. The van der Waals surface area contributed by atoms with E-state index in [0.717, 1.165) is 0 Å². The van der Waals surface area contributed by atoms with Crippen molar-refractivity contribution in [3.8, 4) is 5.75 Å². The SMILES string of the molecule is COc1ccc(S(=O)(=O)C(C)(C)C(C)(C)C)cc1. The van der Waals surface area contributed by atoms with E-state index in [2.05, 4.69) is 0 Å². The first kappa shape index (κ1) is 15.0. The Balaban J connectivity index is 3.29. The Morgan fingerprint density at radius 3 is 1.72 bits per heavy atom. The minimum atomic E-state index is -3.38. The molecule has 0 aliphatic carbocycles. The predicted octanol–water partition coefficient (Wildman–Crippen LogP) is 3.29. The Morgan fingerprint density at radius 1 is 0.944 bits per heavy atom. The van der Waals surface area contributed by atoms with Gasteiger partial charge in [-0.1, -0.05) is 20.8 Å².